The molecule has 9 heteroatoms. The number of hydrogen-bond acceptors (Lipinski definition) is 0. The first kappa shape index (κ1) is 40.1. The Hall–Kier alpha value is -8.95. The molecular formula is C61H35F5N4. The molecule has 334 valence electrons. The highest BCUT2D eigenvalue weighted by Crippen LogP contribution is 2.49. The number of fused-ring (bicyclic) bond motifs is 14. The predicted octanol–water partition coefficient (Wildman–Crippen LogP) is 17.0. The van der Waals surface area contributed by atoms with Gasteiger partial charge in [-0.3, -0.25) is 0 Å². The van der Waals surface area contributed by atoms with Gasteiger partial charge in [-0.1, -0.05) is 127 Å². The van der Waals surface area contributed by atoms with Gasteiger partial charge in [0.25, 0.3) is 0 Å². The second-order valence-corrected chi connectivity index (χ2v) is 17.8. The number of nitrogens with zero attached hydrogens (tertiary/aromatic N) is 4. The van der Waals surface area contributed by atoms with Crippen LogP contribution >= 0.6 is 0 Å². The van der Waals surface area contributed by atoms with Crippen LogP contribution < -0.4 is 0 Å². The van der Waals surface area contributed by atoms with Crippen LogP contribution in [0.1, 0.15) is 5.56 Å². The molecule has 14 rings (SSSR count). The van der Waals surface area contributed by atoms with Gasteiger partial charge in [-0.2, -0.15) is 13.2 Å². The second kappa shape index (κ2) is 14.8. The number of aromatic nitrogens is 4. The molecule has 0 aliphatic heterocycles. The Morgan fingerprint density at radius 3 is 1.14 bits per heavy atom. The van der Waals surface area contributed by atoms with Gasteiger partial charge in [0.15, 0.2) is 0 Å². The van der Waals surface area contributed by atoms with Crippen molar-refractivity contribution in [2.24, 2.45) is 0 Å². The van der Waals surface area contributed by atoms with Gasteiger partial charge >= 0.3 is 6.18 Å². The molecular weight excluding hydrogens is 884 g/mol. The Labute approximate surface area is 395 Å². The molecule has 70 heavy (non-hydrogen) atoms. The van der Waals surface area contributed by atoms with Gasteiger partial charge in [-0.15, -0.1) is 0 Å². The molecule has 10 aromatic carbocycles. The SMILES string of the molecule is Fc1cccc(F)c1-c1cc(-n2c3ccccc3c3ccc4c(c5ccccc5n4-c4ccccc4)c32)c(-n2c3ccccc3c3ccc4c(c5ccccc5n4-c4ccccc4)c32)cc1C(F)(F)F. The highest BCUT2D eigenvalue weighted by molar-refractivity contribution is 6.28. The summed E-state index contributed by atoms with van der Waals surface area (Å²) in [5, 5.41) is 6.92. The first-order valence-electron chi connectivity index (χ1n) is 23.0. The van der Waals surface area contributed by atoms with Gasteiger partial charge in [-0.05, 0) is 84.9 Å². The van der Waals surface area contributed by atoms with Gasteiger partial charge in [0, 0.05) is 60.0 Å². The first-order valence-corrected chi connectivity index (χ1v) is 23.0. The third-order valence-electron chi connectivity index (χ3n) is 14.1. The Kier molecular flexibility index (Phi) is 8.47. The van der Waals surface area contributed by atoms with Crippen molar-refractivity contribution in [3.63, 3.8) is 0 Å². The molecule has 0 fully saturated rings. The van der Waals surface area contributed by atoms with Crippen molar-refractivity contribution in [3.05, 3.63) is 230 Å². The highest BCUT2D eigenvalue weighted by Gasteiger charge is 2.38. The molecule has 0 aliphatic rings. The maximum absolute atomic E-state index is 16.3. The van der Waals surface area contributed by atoms with Crippen molar-refractivity contribution in [3.8, 4) is 33.9 Å². The third-order valence-corrected chi connectivity index (χ3v) is 14.1. The number of halogens is 5. The summed E-state index contributed by atoms with van der Waals surface area (Å²) in [5.41, 5.74) is 6.18. The lowest BCUT2D eigenvalue weighted by molar-refractivity contribution is -0.137. The summed E-state index contributed by atoms with van der Waals surface area (Å²) in [5.74, 6) is -2.21. The normalized spacial score (nSPS) is 12.4. The van der Waals surface area contributed by atoms with Crippen molar-refractivity contribution in [2.75, 3.05) is 0 Å². The molecule has 14 aromatic rings. The van der Waals surface area contributed by atoms with E-state index in [1.807, 2.05) is 149 Å². The van der Waals surface area contributed by atoms with Crippen molar-refractivity contribution in [1.82, 2.24) is 18.3 Å². The molecule has 0 spiro atoms. The molecule has 4 aromatic heterocycles. The Balaban J connectivity index is 1.24. The van der Waals surface area contributed by atoms with E-state index in [4.69, 9.17) is 0 Å². The average molecular weight is 919 g/mol. The predicted molar refractivity (Wildman–Crippen MR) is 274 cm³/mol. The second-order valence-electron chi connectivity index (χ2n) is 17.8. The summed E-state index contributed by atoms with van der Waals surface area (Å²) in [4.78, 5) is 0. The van der Waals surface area contributed by atoms with E-state index in [9.17, 15) is 0 Å². The van der Waals surface area contributed by atoms with Crippen LogP contribution in [0, 0.1) is 11.6 Å². The molecule has 4 nitrogen and oxygen atoms in total. The van der Waals surface area contributed by atoms with Crippen LogP contribution in [-0.2, 0) is 6.18 Å². The van der Waals surface area contributed by atoms with E-state index >= 15 is 22.0 Å². The van der Waals surface area contributed by atoms with E-state index in [2.05, 4.69) is 51.6 Å². The van der Waals surface area contributed by atoms with Crippen molar-refractivity contribution < 1.29 is 22.0 Å². The summed E-state index contributed by atoms with van der Waals surface area (Å²) in [6.07, 6.45) is -5.05. The first-order chi connectivity index (χ1) is 34.3. The molecule has 4 heterocycles. The van der Waals surface area contributed by atoms with Crippen LogP contribution in [0.4, 0.5) is 22.0 Å². The zero-order valence-electron chi connectivity index (χ0n) is 36.9. The molecule has 0 atom stereocenters. The number of alkyl halides is 3. The summed E-state index contributed by atoms with van der Waals surface area (Å²) < 4.78 is 89.3. The molecule has 0 saturated carbocycles. The lowest BCUT2D eigenvalue weighted by atomic mass is 9.96. The zero-order valence-corrected chi connectivity index (χ0v) is 36.9. The van der Waals surface area contributed by atoms with E-state index in [0.29, 0.717) is 22.2 Å². The van der Waals surface area contributed by atoms with Crippen molar-refractivity contribution in [2.45, 2.75) is 6.18 Å². The van der Waals surface area contributed by atoms with Crippen LogP contribution in [0.25, 0.3) is 121 Å². The zero-order chi connectivity index (χ0) is 47.0. The summed E-state index contributed by atoms with van der Waals surface area (Å²) >= 11 is 0. The molecule has 0 bridgehead atoms. The minimum atomic E-state index is -5.05. The maximum atomic E-state index is 16.3. The third kappa shape index (κ3) is 5.57. The van der Waals surface area contributed by atoms with Crippen LogP contribution in [0.15, 0.2) is 212 Å². The fourth-order valence-electron chi connectivity index (χ4n) is 11.4. The smallest absolute Gasteiger partial charge is 0.309 e. The Morgan fingerprint density at radius 2 is 0.700 bits per heavy atom. The monoisotopic (exact) mass is 918 g/mol. The van der Waals surface area contributed by atoms with E-state index in [-0.39, 0.29) is 5.69 Å². The highest BCUT2D eigenvalue weighted by atomic mass is 19.4. The minimum absolute atomic E-state index is 0.175. The lowest BCUT2D eigenvalue weighted by Crippen LogP contribution is -2.13. The fourth-order valence-corrected chi connectivity index (χ4v) is 11.4. The minimum Gasteiger partial charge on any atom is -0.309 e. The van der Waals surface area contributed by atoms with Gasteiger partial charge in [0.05, 0.1) is 66.6 Å². The van der Waals surface area contributed by atoms with Gasteiger partial charge < -0.3 is 18.3 Å². The Bertz CT molecular complexity index is 4460. The van der Waals surface area contributed by atoms with Gasteiger partial charge in [0.1, 0.15) is 11.6 Å². The van der Waals surface area contributed by atoms with Crippen LogP contribution in [0.2, 0.25) is 0 Å². The van der Waals surface area contributed by atoms with Crippen molar-refractivity contribution >= 4 is 87.2 Å². The number of hydrogen-bond donors (Lipinski definition) is 0. The molecule has 0 N–H and O–H groups in total. The van der Waals surface area contributed by atoms with E-state index < -0.39 is 34.5 Å². The molecule has 0 aliphatic carbocycles. The van der Waals surface area contributed by atoms with E-state index in [1.54, 1.807) is 0 Å². The molecule has 0 amide bonds. The van der Waals surface area contributed by atoms with Crippen LogP contribution in [0.5, 0.6) is 0 Å². The fraction of sp³-hybridized carbons (Fsp3) is 0.0164. The summed E-state index contributed by atoms with van der Waals surface area (Å²) in [6, 6.07) is 65.7. The lowest BCUT2D eigenvalue weighted by Gasteiger charge is -2.23. The van der Waals surface area contributed by atoms with Gasteiger partial charge in [-0.25, -0.2) is 8.78 Å². The Morgan fingerprint density at radius 1 is 0.314 bits per heavy atom. The van der Waals surface area contributed by atoms with Crippen LogP contribution in [-0.4, -0.2) is 18.3 Å². The van der Waals surface area contributed by atoms with Crippen LogP contribution in [0.3, 0.4) is 0 Å². The quantitative estimate of drug-likeness (QED) is 0.153. The number of para-hydroxylation sites is 6. The van der Waals surface area contributed by atoms with E-state index in [1.165, 1.54) is 6.07 Å². The number of rotatable bonds is 5. The number of benzene rings is 10. The van der Waals surface area contributed by atoms with Gasteiger partial charge in [0.2, 0.25) is 0 Å². The molecule has 0 unspecified atom stereocenters. The summed E-state index contributed by atoms with van der Waals surface area (Å²) in [7, 11) is 0. The van der Waals surface area contributed by atoms with Crippen molar-refractivity contribution in [1.29, 1.82) is 0 Å². The maximum Gasteiger partial charge on any atom is 0.417 e. The van der Waals surface area contributed by atoms with E-state index in [0.717, 1.165) is 106 Å². The molecule has 0 radical (unpaired) electrons. The largest absolute Gasteiger partial charge is 0.417 e. The average Bonchev–Trinajstić information content (AvgIpc) is 4.11. The topological polar surface area (TPSA) is 19.7 Å². The molecule has 0 saturated heterocycles. The summed E-state index contributed by atoms with van der Waals surface area (Å²) in [6.45, 7) is 0. The standard InChI is InChI=1S/C61H35F5N4/c62-46-24-15-25-47(63)56(46)44-34-54(69-48-26-11-7-20-38(48)40-30-32-52-57(59(40)69)42-22-9-13-28-50(42)67(52)36-16-3-1-4-17-36)55(35-45(44)61(64,65)66)70-49-27-12-8-21-39(49)41-31-33-53-58(60(41)70)43-23-10-14-29-51(43)68(53)37-18-5-2-6-19-37/h1-35H.